The van der Waals surface area contributed by atoms with Gasteiger partial charge in [-0.1, -0.05) is 12.1 Å². The minimum Gasteiger partial charge on any atom is -0.768 e. The molecule has 0 saturated carbocycles. The van der Waals surface area contributed by atoms with Crippen molar-refractivity contribution in [3.63, 3.8) is 0 Å². The van der Waals surface area contributed by atoms with Gasteiger partial charge in [-0.2, -0.15) is 0 Å². The van der Waals surface area contributed by atoms with E-state index in [1.165, 1.54) is 24.3 Å². The summed E-state index contributed by atoms with van der Waals surface area (Å²) in [5.41, 5.74) is 0.522. The second-order valence-electron chi connectivity index (χ2n) is 2.43. The molecule has 70 valence electrons. The Labute approximate surface area is 134 Å². The molecule has 15 heavy (non-hydrogen) atoms. The normalized spacial score (nSPS) is 10.7. The Morgan fingerprint density at radius 2 is 1.67 bits per heavy atom. The molecule has 0 aliphatic carbocycles. The number of hydrogen-bond acceptors (Lipinski definition) is 4. The van der Waals surface area contributed by atoms with Crippen molar-refractivity contribution in [2.75, 3.05) is 0 Å². The third-order valence-electron chi connectivity index (χ3n) is 1.46. The van der Waals surface area contributed by atoms with Crippen LogP contribution in [-0.2, 0) is 22.3 Å². The second kappa shape index (κ2) is 8.90. The molecule has 0 aliphatic heterocycles. The van der Waals surface area contributed by atoms with Crippen LogP contribution in [0, 0.1) is 0 Å². The number of aliphatic carboxylic acids is 1. The summed E-state index contributed by atoms with van der Waals surface area (Å²) < 4.78 is 20.8. The Morgan fingerprint density at radius 3 is 2.00 bits per heavy atom. The number of hydrogen-bond donors (Lipinski definition) is 0. The molecule has 0 N–H and O–H groups in total. The first kappa shape index (κ1) is 18.2. The summed E-state index contributed by atoms with van der Waals surface area (Å²) in [5, 5.41) is 10.2. The van der Waals surface area contributed by atoms with Gasteiger partial charge in [0.15, 0.2) is 0 Å². The number of rotatable bonds is 3. The molecule has 4 nitrogen and oxygen atoms in total. The molecule has 1 unspecified atom stereocenters. The van der Waals surface area contributed by atoms with Crippen molar-refractivity contribution in [1.82, 2.24) is 0 Å². The molecule has 1 atom stereocenters. The van der Waals surface area contributed by atoms with Crippen molar-refractivity contribution in [2.45, 2.75) is 11.3 Å². The van der Waals surface area contributed by atoms with E-state index >= 15 is 0 Å². The first-order valence-corrected chi connectivity index (χ1v) is 4.55. The van der Waals surface area contributed by atoms with E-state index in [1.807, 2.05) is 0 Å². The first-order chi connectivity index (χ1) is 6.09. The van der Waals surface area contributed by atoms with Crippen molar-refractivity contribution in [3.8, 4) is 0 Å². The third-order valence-corrected chi connectivity index (χ3v) is 2.12. The van der Waals surface area contributed by atoms with Gasteiger partial charge in [-0.05, 0) is 28.8 Å². The van der Waals surface area contributed by atoms with Gasteiger partial charge in [-0.3, -0.25) is 4.21 Å². The van der Waals surface area contributed by atoms with E-state index < -0.39 is 17.0 Å². The summed E-state index contributed by atoms with van der Waals surface area (Å²) in [6.45, 7) is 0. The first-order valence-electron chi connectivity index (χ1n) is 3.47. The van der Waals surface area contributed by atoms with Gasteiger partial charge >= 0.3 is 59.1 Å². The minimum absolute atomic E-state index is 0. The van der Waals surface area contributed by atoms with E-state index in [4.69, 9.17) is 0 Å². The zero-order chi connectivity index (χ0) is 9.84. The predicted molar refractivity (Wildman–Crippen MR) is 42.3 cm³/mol. The van der Waals surface area contributed by atoms with Gasteiger partial charge in [0.25, 0.3) is 0 Å². The van der Waals surface area contributed by atoms with Crippen molar-refractivity contribution < 1.29 is 77.8 Å². The molecule has 0 heterocycles. The molecule has 0 spiro atoms. The largest absolute Gasteiger partial charge is 1.00 e. The maximum absolute atomic E-state index is 10.4. The summed E-state index contributed by atoms with van der Waals surface area (Å²) in [7, 11) is 0. The SMILES string of the molecule is O=C([O-])Cc1ccc(S(=O)[O-])cc1.[Na+].[Na+]. The van der Waals surface area contributed by atoms with E-state index in [0.29, 0.717) is 5.56 Å². The molecule has 0 bridgehead atoms. The number of carboxylic acid groups (broad SMARTS) is 1. The van der Waals surface area contributed by atoms with Crippen molar-refractivity contribution in [3.05, 3.63) is 29.8 Å². The molecule has 1 rings (SSSR count). The van der Waals surface area contributed by atoms with Crippen LogP contribution >= 0.6 is 0 Å². The maximum atomic E-state index is 10.4. The summed E-state index contributed by atoms with van der Waals surface area (Å²) >= 11 is -2.26. The zero-order valence-electron chi connectivity index (χ0n) is 8.56. The Bertz CT molecular complexity index is 339. The molecule has 0 fully saturated rings. The Morgan fingerprint density at radius 1 is 1.20 bits per heavy atom. The van der Waals surface area contributed by atoms with Gasteiger partial charge in [0.2, 0.25) is 0 Å². The molecule has 1 aromatic carbocycles. The van der Waals surface area contributed by atoms with E-state index in [-0.39, 0.29) is 70.4 Å². The Hall–Kier alpha value is 0.800. The molecule has 0 aliphatic rings. The number of carbonyl (C=O) groups is 1. The van der Waals surface area contributed by atoms with E-state index in [9.17, 15) is 18.7 Å². The zero-order valence-corrected chi connectivity index (χ0v) is 13.4. The van der Waals surface area contributed by atoms with Crippen molar-refractivity contribution >= 4 is 17.0 Å². The topological polar surface area (TPSA) is 80.3 Å². The Kier molecular flexibility index (Phi) is 10.8. The van der Waals surface area contributed by atoms with E-state index in [2.05, 4.69) is 0 Å². The summed E-state index contributed by atoms with van der Waals surface area (Å²) in [6.07, 6.45) is -0.203. The van der Waals surface area contributed by atoms with Crippen LogP contribution in [0.15, 0.2) is 29.2 Å². The smallest absolute Gasteiger partial charge is 0.768 e. The molecular formula is C8H6Na2O4S. The van der Waals surface area contributed by atoms with Gasteiger partial charge in [0, 0.05) is 17.3 Å². The van der Waals surface area contributed by atoms with Crippen LogP contribution in [0.1, 0.15) is 5.56 Å². The minimum atomic E-state index is -2.26. The van der Waals surface area contributed by atoms with Gasteiger partial charge in [-0.25, -0.2) is 0 Å². The van der Waals surface area contributed by atoms with Gasteiger partial charge in [-0.15, -0.1) is 0 Å². The van der Waals surface area contributed by atoms with Crippen LogP contribution in [0.5, 0.6) is 0 Å². The summed E-state index contributed by atoms with van der Waals surface area (Å²) in [5.74, 6) is -1.18. The molecular weight excluding hydrogens is 238 g/mol. The maximum Gasteiger partial charge on any atom is 1.00 e. The van der Waals surface area contributed by atoms with Crippen molar-refractivity contribution in [2.24, 2.45) is 0 Å². The predicted octanol–water partition coefficient (Wildman–Crippen LogP) is -6.77. The average Bonchev–Trinajstić information content (AvgIpc) is 2.04. The molecule has 0 radical (unpaired) electrons. The van der Waals surface area contributed by atoms with E-state index in [0.717, 1.165) is 0 Å². The Balaban J connectivity index is 0. The molecule has 7 heteroatoms. The molecule has 0 amide bonds. The summed E-state index contributed by atoms with van der Waals surface area (Å²) in [6, 6.07) is 5.59. The molecule has 0 saturated heterocycles. The summed E-state index contributed by atoms with van der Waals surface area (Å²) in [4.78, 5) is 10.3. The fraction of sp³-hybridized carbons (Fsp3) is 0.125. The van der Waals surface area contributed by atoms with Crippen LogP contribution in [-0.4, -0.2) is 14.7 Å². The van der Waals surface area contributed by atoms with Crippen LogP contribution in [0.3, 0.4) is 0 Å². The monoisotopic (exact) mass is 244 g/mol. The van der Waals surface area contributed by atoms with Gasteiger partial charge in [0.05, 0.1) is 0 Å². The number of carboxylic acids is 1. The molecule has 0 aromatic heterocycles. The van der Waals surface area contributed by atoms with Crippen LogP contribution in [0.2, 0.25) is 0 Å². The quantitative estimate of drug-likeness (QED) is 0.391. The fourth-order valence-electron chi connectivity index (χ4n) is 0.885. The van der Waals surface area contributed by atoms with Crippen LogP contribution < -0.4 is 64.2 Å². The van der Waals surface area contributed by atoms with Gasteiger partial charge < -0.3 is 14.5 Å². The fourth-order valence-corrected chi connectivity index (χ4v) is 1.24. The van der Waals surface area contributed by atoms with Gasteiger partial charge in [0.1, 0.15) is 0 Å². The number of benzene rings is 1. The van der Waals surface area contributed by atoms with E-state index in [1.54, 1.807) is 0 Å². The third kappa shape index (κ3) is 6.86. The number of carbonyl (C=O) groups excluding carboxylic acids is 1. The van der Waals surface area contributed by atoms with Crippen LogP contribution in [0.4, 0.5) is 0 Å². The average molecular weight is 244 g/mol. The van der Waals surface area contributed by atoms with Crippen LogP contribution in [0.25, 0.3) is 0 Å². The van der Waals surface area contributed by atoms with Crippen molar-refractivity contribution in [1.29, 1.82) is 0 Å². The second-order valence-corrected chi connectivity index (χ2v) is 3.37. The standard InChI is InChI=1S/C8H8O4S.2Na/c9-8(10)5-6-1-3-7(4-2-6)13(11)12;;/h1-4H,5H2,(H,9,10)(H,11,12);;/q;2*+1/p-2. The molecule has 1 aromatic rings.